The second-order valence-corrected chi connectivity index (χ2v) is 4.52. The lowest BCUT2D eigenvalue weighted by molar-refractivity contribution is 0.104. The van der Waals surface area contributed by atoms with Crippen molar-refractivity contribution in [1.82, 2.24) is 4.98 Å². The normalized spacial score (nSPS) is 11.0. The summed E-state index contributed by atoms with van der Waals surface area (Å²) in [5.74, 6) is -0.0845. The summed E-state index contributed by atoms with van der Waals surface area (Å²) in [4.78, 5) is 16.0. The highest BCUT2D eigenvalue weighted by molar-refractivity contribution is 6.05. The fraction of sp³-hybridized carbons (Fsp3) is 0. The zero-order valence-corrected chi connectivity index (χ0v) is 10.9. The number of ketones is 1. The van der Waals surface area contributed by atoms with Crippen LogP contribution in [0.25, 0.3) is 16.8 Å². The minimum absolute atomic E-state index is 0.0845. The minimum atomic E-state index is -0.0845. The molecule has 0 aliphatic rings. The van der Waals surface area contributed by atoms with E-state index in [0.717, 1.165) is 5.56 Å². The van der Waals surface area contributed by atoms with E-state index in [2.05, 4.69) is 29.2 Å². The van der Waals surface area contributed by atoms with Gasteiger partial charge in [-0.1, -0.05) is 48.5 Å². The molecule has 0 N–H and O–H groups in total. The summed E-state index contributed by atoms with van der Waals surface area (Å²) in [6.45, 7) is 0. The number of pyridine rings is 1. The number of carbonyl (C=O) groups excluding carboxylic acids is 1. The second-order valence-electron chi connectivity index (χ2n) is 4.52. The average Bonchev–Trinajstić information content (AvgIpc) is 2.53. The SMILES string of the molecule is O=C(/C=C/c1ccc2ccccc2c1)c1ccccn1. The Kier molecular flexibility index (Phi) is 3.38. The Balaban J connectivity index is 1.85. The van der Waals surface area contributed by atoms with Gasteiger partial charge < -0.3 is 0 Å². The van der Waals surface area contributed by atoms with Crippen molar-refractivity contribution in [2.75, 3.05) is 0 Å². The molecule has 0 bridgehead atoms. The lowest BCUT2D eigenvalue weighted by Crippen LogP contribution is -1.96. The third-order valence-corrected chi connectivity index (χ3v) is 3.12. The predicted molar refractivity (Wildman–Crippen MR) is 81.5 cm³/mol. The van der Waals surface area contributed by atoms with Crippen LogP contribution in [0.3, 0.4) is 0 Å². The molecule has 2 heteroatoms. The molecular formula is C18H13NO. The summed E-state index contributed by atoms with van der Waals surface area (Å²) in [6, 6.07) is 19.6. The molecule has 0 atom stereocenters. The Labute approximate surface area is 117 Å². The molecule has 3 aromatic rings. The number of fused-ring (bicyclic) bond motifs is 1. The number of hydrogen-bond acceptors (Lipinski definition) is 2. The number of nitrogens with zero attached hydrogens (tertiary/aromatic N) is 1. The lowest BCUT2D eigenvalue weighted by atomic mass is 10.1. The largest absolute Gasteiger partial charge is 0.288 e. The van der Waals surface area contributed by atoms with Crippen molar-refractivity contribution in [1.29, 1.82) is 0 Å². The molecule has 0 aliphatic heterocycles. The zero-order chi connectivity index (χ0) is 13.8. The molecule has 0 fully saturated rings. The van der Waals surface area contributed by atoms with Crippen LogP contribution in [-0.4, -0.2) is 10.8 Å². The van der Waals surface area contributed by atoms with Crippen LogP contribution in [0, 0.1) is 0 Å². The van der Waals surface area contributed by atoms with E-state index in [1.807, 2.05) is 30.3 Å². The van der Waals surface area contributed by atoms with Crippen LogP contribution in [0.1, 0.15) is 16.1 Å². The third kappa shape index (κ3) is 2.64. The summed E-state index contributed by atoms with van der Waals surface area (Å²) in [6.07, 6.45) is 5.01. The summed E-state index contributed by atoms with van der Waals surface area (Å²) in [5, 5.41) is 2.36. The summed E-state index contributed by atoms with van der Waals surface area (Å²) in [7, 11) is 0. The highest BCUT2D eigenvalue weighted by Gasteiger charge is 2.01. The van der Waals surface area contributed by atoms with E-state index in [9.17, 15) is 4.79 Å². The van der Waals surface area contributed by atoms with Crippen molar-refractivity contribution >= 4 is 22.6 Å². The molecule has 0 unspecified atom stereocenters. The number of rotatable bonds is 3. The van der Waals surface area contributed by atoms with Gasteiger partial charge in [0.15, 0.2) is 0 Å². The monoisotopic (exact) mass is 259 g/mol. The first kappa shape index (κ1) is 12.3. The lowest BCUT2D eigenvalue weighted by Gasteiger charge is -1.99. The van der Waals surface area contributed by atoms with Crippen molar-refractivity contribution in [3.05, 3.63) is 84.2 Å². The van der Waals surface area contributed by atoms with Gasteiger partial charge in [-0.15, -0.1) is 0 Å². The maximum atomic E-state index is 11.9. The quantitative estimate of drug-likeness (QED) is 0.523. The van der Waals surface area contributed by atoms with Gasteiger partial charge in [0.05, 0.1) is 0 Å². The van der Waals surface area contributed by atoms with Crippen molar-refractivity contribution in [3.8, 4) is 0 Å². The van der Waals surface area contributed by atoms with E-state index < -0.39 is 0 Å². The van der Waals surface area contributed by atoms with Gasteiger partial charge in [-0.3, -0.25) is 9.78 Å². The number of allylic oxidation sites excluding steroid dienone is 1. The number of carbonyl (C=O) groups is 1. The molecule has 1 aromatic heterocycles. The van der Waals surface area contributed by atoms with E-state index in [0.29, 0.717) is 5.69 Å². The molecule has 0 amide bonds. The van der Waals surface area contributed by atoms with Gasteiger partial charge in [-0.25, -0.2) is 0 Å². The molecule has 1 heterocycles. The molecule has 2 aromatic carbocycles. The van der Waals surface area contributed by atoms with Crippen LogP contribution in [0.2, 0.25) is 0 Å². The topological polar surface area (TPSA) is 30.0 Å². The summed E-state index contributed by atoms with van der Waals surface area (Å²) >= 11 is 0. The fourth-order valence-corrected chi connectivity index (χ4v) is 2.08. The molecule has 0 saturated heterocycles. The van der Waals surface area contributed by atoms with E-state index in [1.165, 1.54) is 10.8 Å². The highest BCUT2D eigenvalue weighted by Crippen LogP contribution is 2.16. The molecule has 2 nitrogen and oxygen atoms in total. The number of hydrogen-bond donors (Lipinski definition) is 0. The van der Waals surface area contributed by atoms with Gasteiger partial charge in [0, 0.05) is 6.20 Å². The van der Waals surface area contributed by atoms with Crippen LogP contribution >= 0.6 is 0 Å². The molecule has 0 radical (unpaired) electrons. The molecule has 3 rings (SSSR count). The van der Waals surface area contributed by atoms with Crippen molar-refractivity contribution in [2.45, 2.75) is 0 Å². The molecule has 0 saturated carbocycles. The van der Waals surface area contributed by atoms with E-state index in [1.54, 1.807) is 24.4 Å². The molecule has 0 spiro atoms. The Hall–Kier alpha value is -2.74. The third-order valence-electron chi connectivity index (χ3n) is 3.12. The van der Waals surface area contributed by atoms with E-state index in [-0.39, 0.29) is 5.78 Å². The van der Waals surface area contributed by atoms with Gasteiger partial charge in [-0.2, -0.15) is 0 Å². The zero-order valence-electron chi connectivity index (χ0n) is 10.9. The van der Waals surface area contributed by atoms with E-state index >= 15 is 0 Å². The maximum absolute atomic E-state index is 11.9. The Morgan fingerprint density at radius 1 is 0.900 bits per heavy atom. The van der Waals surface area contributed by atoms with Crippen molar-refractivity contribution in [2.24, 2.45) is 0 Å². The minimum Gasteiger partial charge on any atom is -0.288 e. The van der Waals surface area contributed by atoms with Crippen LogP contribution in [-0.2, 0) is 0 Å². The average molecular weight is 259 g/mol. The van der Waals surface area contributed by atoms with Crippen LogP contribution in [0.15, 0.2) is 72.9 Å². The van der Waals surface area contributed by atoms with Gasteiger partial charge in [0.1, 0.15) is 5.69 Å². The van der Waals surface area contributed by atoms with Gasteiger partial charge in [-0.05, 0) is 40.6 Å². The van der Waals surface area contributed by atoms with Crippen LogP contribution in [0.5, 0.6) is 0 Å². The predicted octanol–water partition coefficient (Wildman–Crippen LogP) is 4.13. The second kappa shape index (κ2) is 5.49. The van der Waals surface area contributed by atoms with Crippen LogP contribution < -0.4 is 0 Å². The number of benzene rings is 2. The maximum Gasteiger partial charge on any atom is 0.204 e. The van der Waals surface area contributed by atoms with Crippen molar-refractivity contribution < 1.29 is 4.79 Å². The molecule has 20 heavy (non-hydrogen) atoms. The molecular weight excluding hydrogens is 246 g/mol. The summed E-state index contributed by atoms with van der Waals surface area (Å²) in [5.41, 5.74) is 1.47. The van der Waals surface area contributed by atoms with Gasteiger partial charge in [0.2, 0.25) is 5.78 Å². The van der Waals surface area contributed by atoms with E-state index in [4.69, 9.17) is 0 Å². The first-order valence-electron chi connectivity index (χ1n) is 6.45. The molecule has 96 valence electrons. The Morgan fingerprint density at radius 3 is 2.50 bits per heavy atom. The highest BCUT2D eigenvalue weighted by atomic mass is 16.1. The molecule has 0 aliphatic carbocycles. The Morgan fingerprint density at radius 2 is 1.70 bits per heavy atom. The fourth-order valence-electron chi connectivity index (χ4n) is 2.08. The first-order chi connectivity index (χ1) is 9.83. The van der Waals surface area contributed by atoms with Gasteiger partial charge in [0.25, 0.3) is 0 Å². The van der Waals surface area contributed by atoms with Gasteiger partial charge >= 0.3 is 0 Å². The summed E-state index contributed by atoms with van der Waals surface area (Å²) < 4.78 is 0. The van der Waals surface area contributed by atoms with Crippen molar-refractivity contribution in [3.63, 3.8) is 0 Å². The van der Waals surface area contributed by atoms with Crippen LogP contribution in [0.4, 0.5) is 0 Å². The standard InChI is InChI=1S/C18H13NO/c20-18(17-7-3-4-12-19-17)11-9-14-8-10-15-5-1-2-6-16(15)13-14/h1-13H/b11-9+. The smallest absolute Gasteiger partial charge is 0.204 e. The Bertz CT molecular complexity index is 776. The number of aromatic nitrogens is 1. The first-order valence-corrected chi connectivity index (χ1v) is 6.45.